The van der Waals surface area contributed by atoms with Crippen molar-refractivity contribution in [2.45, 2.75) is 25.5 Å². The third kappa shape index (κ3) is 4.29. The number of carbonyl (C=O) groups is 1. The van der Waals surface area contributed by atoms with Crippen LogP contribution in [-0.4, -0.2) is 39.9 Å². The zero-order chi connectivity index (χ0) is 24.5. The maximum Gasteiger partial charge on any atom is 0.281 e. The number of aromatic nitrogens is 3. The van der Waals surface area contributed by atoms with E-state index in [4.69, 9.17) is 9.72 Å². The standard InChI is InChI=1S/C28H24N4O3S/c33-26-22-13-5-4-12-21(22)25(30-32(26)17-19-9-2-1-3-10-19)27(34)31(18-20-11-8-16-35-20)28-29-23-14-6-7-15-24(23)36-28/h1-7,9-10,12-15,20H,8,11,16-18H2. The zero-order valence-corrected chi connectivity index (χ0v) is 20.4. The Morgan fingerprint density at radius 2 is 1.75 bits per heavy atom. The van der Waals surface area contributed by atoms with Crippen molar-refractivity contribution in [3.8, 4) is 0 Å². The predicted molar refractivity (Wildman–Crippen MR) is 142 cm³/mol. The van der Waals surface area contributed by atoms with Gasteiger partial charge in [0.05, 0.1) is 34.8 Å². The second-order valence-electron chi connectivity index (χ2n) is 8.86. The summed E-state index contributed by atoms with van der Waals surface area (Å²) in [5.41, 5.74) is 1.78. The Morgan fingerprint density at radius 3 is 2.53 bits per heavy atom. The highest BCUT2D eigenvalue weighted by Gasteiger charge is 2.29. The number of anilines is 1. The van der Waals surface area contributed by atoms with E-state index < -0.39 is 0 Å². The lowest BCUT2D eigenvalue weighted by Crippen LogP contribution is -2.39. The molecular formula is C28H24N4O3S. The van der Waals surface area contributed by atoms with E-state index in [-0.39, 0.29) is 29.8 Å². The third-order valence-corrected chi connectivity index (χ3v) is 7.47. The smallest absolute Gasteiger partial charge is 0.281 e. The number of hydrogen-bond donors (Lipinski definition) is 0. The number of fused-ring (bicyclic) bond motifs is 2. The molecule has 0 N–H and O–H groups in total. The van der Waals surface area contributed by atoms with E-state index >= 15 is 0 Å². The molecule has 0 radical (unpaired) electrons. The van der Waals surface area contributed by atoms with Crippen LogP contribution in [0.3, 0.4) is 0 Å². The van der Waals surface area contributed by atoms with E-state index in [0.717, 1.165) is 28.6 Å². The van der Waals surface area contributed by atoms with E-state index in [2.05, 4.69) is 5.10 Å². The molecule has 6 rings (SSSR count). The number of carbonyl (C=O) groups excluding carboxylic acids is 1. The van der Waals surface area contributed by atoms with Gasteiger partial charge in [0.2, 0.25) is 0 Å². The van der Waals surface area contributed by atoms with Crippen molar-refractivity contribution in [1.29, 1.82) is 0 Å². The molecule has 5 aromatic rings. The van der Waals surface area contributed by atoms with Crippen LogP contribution in [0, 0.1) is 0 Å². The quantitative estimate of drug-likeness (QED) is 0.335. The molecule has 0 saturated carbocycles. The Bertz CT molecular complexity index is 1570. The van der Waals surface area contributed by atoms with E-state index in [1.54, 1.807) is 17.0 Å². The highest BCUT2D eigenvalue weighted by Crippen LogP contribution is 2.31. The van der Waals surface area contributed by atoms with Crippen LogP contribution < -0.4 is 10.5 Å². The highest BCUT2D eigenvalue weighted by molar-refractivity contribution is 7.22. The number of rotatable bonds is 6. The Hall–Kier alpha value is -3.88. The molecule has 3 aromatic carbocycles. The second-order valence-corrected chi connectivity index (χ2v) is 9.87. The lowest BCUT2D eigenvalue weighted by molar-refractivity contribution is 0.0913. The highest BCUT2D eigenvalue weighted by atomic mass is 32.1. The van der Waals surface area contributed by atoms with Gasteiger partial charge in [0.15, 0.2) is 10.8 Å². The fourth-order valence-electron chi connectivity index (χ4n) is 4.60. The number of hydrogen-bond acceptors (Lipinski definition) is 6. The molecule has 8 heteroatoms. The van der Waals surface area contributed by atoms with Crippen molar-refractivity contribution >= 4 is 43.4 Å². The van der Waals surface area contributed by atoms with Crippen LogP contribution in [0.4, 0.5) is 5.13 Å². The molecule has 0 aliphatic carbocycles. The summed E-state index contributed by atoms with van der Waals surface area (Å²) in [6.07, 6.45) is 1.79. The minimum Gasteiger partial charge on any atom is -0.376 e. The van der Waals surface area contributed by atoms with Gasteiger partial charge in [-0.15, -0.1) is 0 Å². The van der Waals surface area contributed by atoms with Crippen LogP contribution in [-0.2, 0) is 11.3 Å². The minimum atomic E-state index is -0.289. The van der Waals surface area contributed by atoms with Crippen LogP contribution >= 0.6 is 11.3 Å². The Kier molecular flexibility index (Phi) is 6.04. The van der Waals surface area contributed by atoms with Crippen LogP contribution in [0.25, 0.3) is 21.0 Å². The summed E-state index contributed by atoms with van der Waals surface area (Å²) >= 11 is 1.47. The molecule has 1 saturated heterocycles. The molecule has 36 heavy (non-hydrogen) atoms. The Labute approximate surface area is 211 Å². The molecule has 1 amide bonds. The summed E-state index contributed by atoms with van der Waals surface area (Å²) in [5, 5.41) is 6.22. The Morgan fingerprint density at radius 1 is 1.00 bits per heavy atom. The van der Waals surface area contributed by atoms with E-state index in [9.17, 15) is 9.59 Å². The van der Waals surface area contributed by atoms with E-state index in [0.29, 0.717) is 29.1 Å². The van der Waals surface area contributed by atoms with E-state index in [1.807, 2.05) is 66.7 Å². The number of benzene rings is 3. The SMILES string of the molecule is O=C(c1nn(Cc2ccccc2)c(=O)c2ccccc12)N(CC1CCCO1)c1nc2ccccc2s1. The van der Waals surface area contributed by atoms with Gasteiger partial charge in [-0.05, 0) is 36.6 Å². The molecule has 1 aliphatic rings. The first-order chi connectivity index (χ1) is 17.7. The van der Waals surface area contributed by atoms with Crippen molar-refractivity contribution in [2.75, 3.05) is 18.1 Å². The van der Waals surface area contributed by atoms with Gasteiger partial charge in [-0.1, -0.05) is 72.0 Å². The fraction of sp³-hybridized carbons (Fsp3) is 0.214. The van der Waals surface area contributed by atoms with Crippen LogP contribution in [0.5, 0.6) is 0 Å². The summed E-state index contributed by atoms with van der Waals surface area (Å²) < 4.78 is 8.27. The number of thiazole rings is 1. The third-order valence-electron chi connectivity index (χ3n) is 6.41. The van der Waals surface area contributed by atoms with Crippen LogP contribution in [0.1, 0.15) is 28.9 Å². The van der Waals surface area contributed by atoms with Gasteiger partial charge in [0, 0.05) is 12.0 Å². The van der Waals surface area contributed by atoms with Gasteiger partial charge in [0.1, 0.15) is 0 Å². The molecule has 0 spiro atoms. The van der Waals surface area contributed by atoms with Crippen molar-refractivity contribution in [1.82, 2.24) is 14.8 Å². The average molecular weight is 497 g/mol. The van der Waals surface area contributed by atoms with Crippen molar-refractivity contribution in [2.24, 2.45) is 0 Å². The predicted octanol–water partition coefficient (Wildman–Crippen LogP) is 4.88. The molecule has 3 heterocycles. The summed E-state index contributed by atoms with van der Waals surface area (Å²) in [5.74, 6) is -0.289. The fourth-order valence-corrected chi connectivity index (χ4v) is 5.57. The monoisotopic (exact) mass is 496 g/mol. The largest absolute Gasteiger partial charge is 0.376 e. The maximum absolute atomic E-state index is 14.2. The lowest BCUT2D eigenvalue weighted by atomic mass is 10.1. The number of ether oxygens (including phenoxy) is 1. The first-order valence-electron chi connectivity index (χ1n) is 12.0. The normalized spacial score (nSPS) is 15.5. The van der Waals surface area contributed by atoms with Gasteiger partial charge in [0.25, 0.3) is 11.5 Å². The molecular weight excluding hydrogens is 472 g/mol. The number of nitrogens with zero attached hydrogens (tertiary/aromatic N) is 4. The van der Waals surface area contributed by atoms with Gasteiger partial charge < -0.3 is 4.74 Å². The molecule has 0 bridgehead atoms. The Balaban J connectivity index is 1.47. The first kappa shape index (κ1) is 22.6. The second kappa shape index (κ2) is 9.64. The van der Waals surface area contributed by atoms with Crippen molar-refractivity contribution in [3.63, 3.8) is 0 Å². The number of amides is 1. The zero-order valence-electron chi connectivity index (χ0n) is 19.5. The lowest BCUT2D eigenvalue weighted by Gasteiger charge is -2.23. The summed E-state index contributed by atoms with van der Waals surface area (Å²) in [4.78, 5) is 33.9. The van der Waals surface area contributed by atoms with Crippen molar-refractivity contribution in [3.05, 3.63) is 100 Å². The molecule has 7 nitrogen and oxygen atoms in total. The van der Waals surface area contributed by atoms with Gasteiger partial charge in [-0.25, -0.2) is 9.67 Å². The van der Waals surface area contributed by atoms with E-state index in [1.165, 1.54) is 16.0 Å². The molecule has 1 fully saturated rings. The molecule has 1 unspecified atom stereocenters. The first-order valence-corrected chi connectivity index (χ1v) is 12.8. The summed E-state index contributed by atoms with van der Waals surface area (Å²) in [6, 6.07) is 24.7. The molecule has 1 aliphatic heterocycles. The number of para-hydroxylation sites is 1. The molecule has 180 valence electrons. The maximum atomic E-state index is 14.2. The topological polar surface area (TPSA) is 77.3 Å². The van der Waals surface area contributed by atoms with Gasteiger partial charge in [-0.2, -0.15) is 5.10 Å². The van der Waals surface area contributed by atoms with Crippen LogP contribution in [0.2, 0.25) is 0 Å². The van der Waals surface area contributed by atoms with Crippen molar-refractivity contribution < 1.29 is 9.53 Å². The molecule has 1 atom stereocenters. The van der Waals surface area contributed by atoms with Gasteiger partial charge in [-0.3, -0.25) is 14.5 Å². The molecule has 2 aromatic heterocycles. The summed E-state index contributed by atoms with van der Waals surface area (Å²) in [7, 11) is 0. The minimum absolute atomic E-state index is 0.0672. The van der Waals surface area contributed by atoms with Crippen LogP contribution in [0.15, 0.2) is 83.7 Å². The summed E-state index contributed by atoms with van der Waals surface area (Å²) in [6.45, 7) is 1.35. The van der Waals surface area contributed by atoms with Gasteiger partial charge >= 0.3 is 0 Å². The average Bonchev–Trinajstić information content (AvgIpc) is 3.59.